The quantitative estimate of drug-likeness (QED) is 0.732. The van der Waals surface area contributed by atoms with Crippen molar-refractivity contribution in [1.82, 2.24) is 5.32 Å². The van der Waals surface area contributed by atoms with Crippen molar-refractivity contribution < 1.29 is 17.9 Å². The molecule has 2 rings (SSSR count). The fraction of sp³-hybridized carbons (Fsp3) is 0.381. The molecule has 1 N–H and O–H groups in total. The van der Waals surface area contributed by atoms with Gasteiger partial charge < -0.3 is 10.1 Å². The molecule has 1 atom stereocenters. The van der Waals surface area contributed by atoms with Gasteiger partial charge in [-0.3, -0.25) is 9.10 Å². The molecule has 152 valence electrons. The van der Waals surface area contributed by atoms with E-state index in [1.165, 1.54) is 0 Å². The number of ether oxygens (including phenoxy) is 1. The summed E-state index contributed by atoms with van der Waals surface area (Å²) in [4.78, 5) is 12.6. The maximum atomic E-state index is 12.6. The maximum Gasteiger partial charge on any atom is 0.241 e. The van der Waals surface area contributed by atoms with E-state index < -0.39 is 10.0 Å². The normalized spacial score (nSPS) is 12.3. The Balaban J connectivity index is 2.23. The number of aryl methyl sites for hydroxylation is 2. The van der Waals surface area contributed by atoms with Crippen LogP contribution in [0.2, 0.25) is 0 Å². The van der Waals surface area contributed by atoms with Gasteiger partial charge in [0.05, 0.1) is 24.6 Å². The molecule has 0 aliphatic heterocycles. The van der Waals surface area contributed by atoms with Gasteiger partial charge in [-0.1, -0.05) is 35.9 Å². The maximum absolute atomic E-state index is 12.6. The van der Waals surface area contributed by atoms with Gasteiger partial charge in [0.25, 0.3) is 0 Å². The molecule has 0 spiro atoms. The summed E-state index contributed by atoms with van der Waals surface area (Å²) >= 11 is 0. The number of nitrogens with one attached hydrogen (secondary N) is 1. The molecule has 2 aromatic carbocycles. The van der Waals surface area contributed by atoms with Crippen LogP contribution in [0, 0.1) is 13.8 Å². The summed E-state index contributed by atoms with van der Waals surface area (Å²) in [5.74, 6) is 0.0369. The lowest BCUT2D eigenvalue weighted by molar-refractivity contribution is -0.120. The summed E-state index contributed by atoms with van der Waals surface area (Å²) in [6.07, 6.45) is 1.08. The number of nitrogens with zero attached hydrogens (tertiary/aromatic N) is 1. The minimum absolute atomic E-state index is 0.239. The Labute approximate surface area is 167 Å². The van der Waals surface area contributed by atoms with Crippen molar-refractivity contribution in [3.8, 4) is 5.75 Å². The molecule has 0 saturated carbocycles. The van der Waals surface area contributed by atoms with Crippen LogP contribution >= 0.6 is 0 Å². The topological polar surface area (TPSA) is 75.7 Å². The third-order valence-corrected chi connectivity index (χ3v) is 5.52. The second-order valence-corrected chi connectivity index (χ2v) is 8.73. The van der Waals surface area contributed by atoms with Gasteiger partial charge >= 0.3 is 0 Å². The van der Waals surface area contributed by atoms with Crippen LogP contribution in [0.15, 0.2) is 42.5 Å². The first-order valence-corrected chi connectivity index (χ1v) is 11.0. The molecule has 0 aliphatic carbocycles. The van der Waals surface area contributed by atoms with Crippen molar-refractivity contribution in [3.63, 3.8) is 0 Å². The van der Waals surface area contributed by atoms with Crippen molar-refractivity contribution >= 4 is 21.6 Å². The van der Waals surface area contributed by atoms with E-state index in [-0.39, 0.29) is 18.5 Å². The zero-order chi connectivity index (χ0) is 20.9. The monoisotopic (exact) mass is 404 g/mol. The molecule has 0 bridgehead atoms. The van der Waals surface area contributed by atoms with Crippen molar-refractivity contribution in [2.75, 3.05) is 23.7 Å². The first kappa shape index (κ1) is 21.8. The van der Waals surface area contributed by atoms with Crippen LogP contribution in [0.5, 0.6) is 5.75 Å². The van der Waals surface area contributed by atoms with Crippen LogP contribution in [0.25, 0.3) is 0 Å². The van der Waals surface area contributed by atoms with Crippen molar-refractivity contribution in [3.05, 3.63) is 59.2 Å². The number of amides is 1. The molecule has 0 saturated heterocycles. The number of anilines is 1. The molecule has 7 heteroatoms. The first-order valence-electron chi connectivity index (χ1n) is 9.19. The Morgan fingerprint density at radius 1 is 1.18 bits per heavy atom. The second-order valence-electron chi connectivity index (χ2n) is 6.82. The van der Waals surface area contributed by atoms with Crippen LogP contribution in [-0.4, -0.2) is 33.7 Å². The van der Waals surface area contributed by atoms with Gasteiger partial charge in [0.1, 0.15) is 12.3 Å². The highest BCUT2D eigenvalue weighted by molar-refractivity contribution is 7.92. The summed E-state index contributed by atoms with van der Waals surface area (Å²) in [5.41, 5.74) is 3.57. The largest absolute Gasteiger partial charge is 0.492 e. The molecule has 0 heterocycles. The van der Waals surface area contributed by atoms with Gasteiger partial charge in [0, 0.05) is 0 Å². The molecule has 0 radical (unpaired) electrons. The highest BCUT2D eigenvalue weighted by atomic mass is 32.2. The van der Waals surface area contributed by atoms with E-state index in [1.54, 1.807) is 24.3 Å². The molecular formula is C21H28N2O4S. The summed E-state index contributed by atoms with van der Waals surface area (Å²) in [6, 6.07) is 12.6. The summed E-state index contributed by atoms with van der Waals surface area (Å²) in [7, 11) is -3.68. The lowest BCUT2D eigenvalue weighted by Crippen LogP contribution is -2.41. The Kier molecular flexibility index (Phi) is 7.07. The Morgan fingerprint density at radius 3 is 2.46 bits per heavy atom. The lowest BCUT2D eigenvalue weighted by Gasteiger charge is -2.25. The zero-order valence-corrected chi connectivity index (χ0v) is 17.8. The molecule has 0 aromatic heterocycles. The minimum atomic E-state index is -3.68. The van der Waals surface area contributed by atoms with E-state index in [9.17, 15) is 13.2 Å². The van der Waals surface area contributed by atoms with Crippen LogP contribution in [0.1, 0.15) is 36.6 Å². The van der Waals surface area contributed by atoms with Gasteiger partial charge in [-0.25, -0.2) is 8.42 Å². The predicted octanol–water partition coefficient (Wildman–Crippen LogP) is 3.35. The Bertz CT molecular complexity index is 941. The first-order chi connectivity index (χ1) is 13.1. The number of benzene rings is 2. The lowest BCUT2D eigenvalue weighted by atomic mass is 10.0. The van der Waals surface area contributed by atoms with Gasteiger partial charge in [0.2, 0.25) is 15.9 Å². The Morgan fingerprint density at radius 2 is 1.86 bits per heavy atom. The highest BCUT2D eigenvalue weighted by Crippen LogP contribution is 2.29. The average Bonchev–Trinajstić information content (AvgIpc) is 2.59. The number of sulfonamides is 1. The molecule has 6 nitrogen and oxygen atoms in total. The summed E-state index contributed by atoms with van der Waals surface area (Å²) in [5, 5.41) is 2.89. The highest BCUT2D eigenvalue weighted by Gasteiger charge is 2.24. The zero-order valence-electron chi connectivity index (χ0n) is 17.0. The predicted molar refractivity (Wildman–Crippen MR) is 112 cm³/mol. The van der Waals surface area contributed by atoms with Crippen LogP contribution in [-0.2, 0) is 14.8 Å². The van der Waals surface area contributed by atoms with E-state index in [0.29, 0.717) is 18.0 Å². The summed E-state index contributed by atoms with van der Waals surface area (Å²) in [6.45, 7) is 7.78. The minimum Gasteiger partial charge on any atom is -0.492 e. The number of para-hydroxylation sites is 2. The SMILES string of the molecule is CCOc1ccccc1N(CC(=O)NC(C)c1ccc(C)cc1C)S(C)(=O)=O. The average molecular weight is 405 g/mol. The molecular weight excluding hydrogens is 376 g/mol. The van der Waals surface area contributed by atoms with Crippen molar-refractivity contribution in [2.24, 2.45) is 0 Å². The second kappa shape index (κ2) is 9.10. The van der Waals surface area contributed by atoms with Crippen LogP contribution < -0.4 is 14.4 Å². The van der Waals surface area contributed by atoms with Crippen molar-refractivity contribution in [1.29, 1.82) is 0 Å². The van der Waals surface area contributed by atoms with E-state index in [4.69, 9.17) is 4.74 Å². The number of carbonyl (C=O) groups is 1. The molecule has 2 aromatic rings. The van der Waals surface area contributed by atoms with E-state index in [0.717, 1.165) is 27.3 Å². The van der Waals surface area contributed by atoms with Gasteiger partial charge in [-0.2, -0.15) is 0 Å². The van der Waals surface area contributed by atoms with Crippen molar-refractivity contribution in [2.45, 2.75) is 33.7 Å². The van der Waals surface area contributed by atoms with E-state index in [2.05, 4.69) is 11.4 Å². The van der Waals surface area contributed by atoms with Gasteiger partial charge in [-0.05, 0) is 51.0 Å². The van der Waals surface area contributed by atoms with Gasteiger partial charge in [0.15, 0.2) is 0 Å². The standard InChI is InChI=1S/C21H28N2O4S/c1-6-27-20-10-8-7-9-19(20)23(28(5,25)26)14-21(24)22-17(4)18-12-11-15(2)13-16(18)3/h7-13,17H,6,14H2,1-5H3,(H,22,24). The third kappa shape index (κ3) is 5.48. The Hall–Kier alpha value is -2.54. The summed E-state index contributed by atoms with van der Waals surface area (Å²) < 4.78 is 31.3. The molecule has 28 heavy (non-hydrogen) atoms. The number of carbonyl (C=O) groups excluding carboxylic acids is 1. The smallest absolute Gasteiger partial charge is 0.241 e. The number of rotatable bonds is 8. The fourth-order valence-corrected chi connectivity index (χ4v) is 3.99. The molecule has 1 amide bonds. The van der Waals surface area contributed by atoms with E-state index in [1.807, 2.05) is 39.8 Å². The molecule has 1 unspecified atom stereocenters. The van der Waals surface area contributed by atoms with E-state index >= 15 is 0 Å². The third-order valence-electron chi connectivity index (χ3n) is 4.39. The van der Waals surface area contributed by atoms with Crippen LogP contribution in [0.3, 0.4) is 0 Å². The number of hydrogen-bond donors (Lipinski definition) is 1. The fourth-order valence-electron chi connectivity index (χ4n) is 3.13. The number of hydrogen-bond acceptors (Lipinski definition) is 4. The molecule has 0 aliphatic rings. The van der Waals surface area contributed by atoms with Crippen LogP contribution in [0.4, 0.5) is 5.69 Å². The van der Waals surface area contributed by atoms with Gasteiger partial charge in [-0.15, -0.1) is 0 Å². The molecule has 0 fully saturated rings.